The first kappa shape index (κ1) is 16.9. The molecule has 1 aromatic carbocycles. The number of halogens is 1. The first-order valence-electron chi connectivity index (χ1n) is 9.30. The third-order valence-corrected chi connectivity index (χ3v) is 6.81. The largest absolute Gasteiger partial charge is 0.274 e. The van der Waals surface area contributed by atoms with Crippen LogP contribution in [0.2, 0.25) is 0 Å². The number of aromatic nitrogens is 2. The van der Waals surface area contributed by atoms with Gasteiger partial charge in [0, 0.05) is 4.47 Å². The van der Waals surface area contributed by atoms with Gasteiger partial charge in [-0.3, -0.25) is 14.3 Å². The lowest BCUT2D eigenvalue weighted by atomic mass is 9.85. The van der Waals surface area contributed by atoms with Crippen LogP contribution in [0.3, 0.4) is 0 Å². The van der Waals surface area contributed by atoms with E-state index in [0.717, 1.165) is 27.8 Å². The Bertz CT molecular complexity index is 962. The Morgan fingerprint density at radius 3 is 2.22 bits per heavy atom. The predicted octanol–water partition coefficient (Wildman–Crippen LogP) is 3.62. The van der Waals surface area contributed by atoms with Gasteiger partial charge < -0.3 is 0 Å². The number of imide groups is 1. The molecule has 1 aliphatic heterocycles. The molecule has 3 aliphatic rings. The van der Waals surface area contributed by atoms with Crippen LogP contribution in [0, 0.1) is 37.5 Å². The van der Waals surface area contributed by atoms with Crippen molar-refractivity contribution in [3.8, 4) is 0 Å². The Kier molecular flexibility index (Phi) is 3.69. The van der Waals surface area contributed by atoms with E-state index in [1.165, 1.54) is 4.90 Å². The molecule has 6 heteroatoms. The van der Waals surface area contributed by atoms with Crippen LogP contribution < -0.4 is 4.90 Å². The summed E-state index contributed by atoms with van der Waals surface area (Å²) in [6.45, 7) is 4.42. The van der Waals surface area contributed by atoms with Crippen LogP contribution >= 0.6 is 15.9 Å². The Morgan fingerprint density at radius 2 is 1.63 bits per heavy atom. The number of anilines is 1. The number of carbonyl (C=O) groups is 2. The number of amides is 2. The molecule has 27 heavy (non-hydrogen) atoms. The normalized spacial score (nSPS) is 28.5. The van der Waals surface area contributed by atoms with Gasteiger partial charge in [0.05, 0.1) is 35.5 Å². The average molecular weight is 426 g/mol. The molecule has 2 fully saturated rings. The van der Waals surface area contributed by atoms with Gasteiger partial charge in [0.25, 0.3) is 0 Å². The second-order valence-corrected chi connectivity index (χ2v) is 8.73. The second-order valence-electron chi connectivity index (χ2n) is 7.82. The summed E-state index contributed by atoms with van der Waals surface area (Å²) in [5.41, 5.74) is 3.38. The van der Waals surface area contributed by atoms with Gasteiger partial charge in [-0.25, -0.2) is 4.90 Å². The highest BCUT2D eigenvalue weighted by atomic mass is 79.9. The fourth-order valence-corrected chi connectivity index (χ4v) is 5.31. The van der Waals surface area contributed by atoms with E-state index in [4.69, 9.17) is 0 Å². The Hall–Kier alpha value is -2.21. The zero-order chi connectivity index (χ0) is 18.9. The molecular weight excluding hydrogens is 406 g/mol. The molecule has 0 radical (unpaired) electrons. The maximum atomic E-state index is 13.1. The molecule has 1 aromatic heterocycles. The highest BCUT2D eigenvalue weighted by Crippen LogP contribution is 2.53. The van der Waals surface area contributed by atoms with Gasteiger partial charge in [0.1, 0.15) is 0 Å². The summed E-state index contributed by atoms with van der Waals surface area (Å²) in [7, 11) is 0. The maximum absolute atomic E-state index is 13.1. The van der Waals surface area contributed by atoms with Crippen molar-refractivity contribution in [1.29, 1.82) is 0 Å². The van der Waals surface area contributed by atoms with Gasteiger partial charge >= 0.3 is 0 Å². The number of allylic oxidation sites excluding steroid dienone is 2. The molecule has 5 nitrogen and oxygen atoms in total. The van der Waals surface area contributed by atoms with Gasteiger partial charge in [-0.2, -0.15) is 5.10 Å². The molecule has 0 N–H and O–H groups in total. The summed E-state index contributed by atoms with van der Waals surface area (Å²) < 4.78 is 2.92. The fourth-order valence-electron chi connectivity index (χ4n) is 5.05. The van der Waals surface area contributed by atoms with E-state index in [1.807, 2.05) is 42.8 Å². The van der Waals surface area contributed by atoms with Gasteiger partial charge in [0.15, 0.2) is 0 Å². The summed E-state index contributed by atoms with van der Waals surface area (Å²) in [5, 5.41) is 4.63. The van der Waals surface area contributed by atoms with Gasteiger partial charge in [-0.1, -0.05) is 40.2 Å². The quantitative estimate of drug-likeness (QED) is 0.557. The van der Waals surface area contributed by atoms with Crippen LogP contribution in [0.25, 0.3) is 0 Å². The van der Waals surface area contributed by atoms with Crippen molar-refractivity contribution in [1.82, 2.24) is 9.78 Å². The molecule has 1 saturated carbocycles. The van der Waals surface area contributed by atoms with Crippen molar-refractivity contribution in [3.05, 3.63) is 57.8 Å². The lowest BCUT2D eigenvalue weighted by Gasteiger charge is -2.18. The molecule has 0 spiro atoms. The molecule has 5 rings (SSSR count). The number of hydrogen-bond acceptors (Lipinski definition) is 3. The number of hydrogen-bond donors (Lipinski definition) is 0. The zero-order valence-corrected chi connectivity index (χ0v) is 16.8. The summed E-state index contributed by atoms with van der Waals surface area (Å²) >= 11 is 3.45. The molecule has 0 unspecified atom stereocenters. The minimum atomic E-state index is -0.180. The van der Waals surface area contributed by atoms with E-state index in [0.29, 0.717) is 12.2 Å². The number of aryl methyl sites for hydroxylation is 1. The van der Waals surface area contributed by atoms with Crippen molar-refractivity contribution in [2.75, 3.05) is 4.90 Å². The fraction of sp³-hybridized carbons (Fsp3) is 0.381. The van der Waals surface area contributed by atoms with Gasteiger partial charge in [-0.05, 0) is 49.8 Å². The third-order valence-electron chi connectivity index (χ3n) is 6.28. The smallest absolute Gasteiger partial charge is 0.238 e. The van der Waals surface area contributed by atoms with E-state index < -0.39 is 0 Å². The molecule has 138 valence electrons. The van der Waals surface area contributed by atoms with Crippen LogP contribution in [0.1, 0.15) is 23.4 Å². The maximum Gasteiger partial charge on any atom is 0.238 e. The monoisotopic (exact) mass is 425 g/mol. The van der Waals surface area contributed by atoms with Crippen molar-refractivity contribution in [2.24, 2.45) is 23.7 Å². The number of fused-ring (bicyclic) bond motifs is 5. The number of benzene rings is 1. The van der Waals surface area contributed by atoms with E-state index in [-0.39, 0.29) is 35.5 Å². The molecule has 2 amide bonds. The topological polar surface area (TPSA) is 55.2 Å². The third kappa shape index (κ3) is 2.39. The molecule has 4 atom stereocenters. The lowest BCUT2D eigenvalue weighted by Crippen LogP contribution is -2.33. The highest BCUT2D eigenvalue weighted by molar-refractivity contribution is 9.10. The average Bonchev–Trinajstić information content (AvgIpc) is 3.37. The van der Waals surface area contributed by atoms with Crippen molar-refractivity contribution >= 4 is 33.4 Å². The molecule has 2 heterocycles. The van der Waals surface area contributed by atoms with Crippen LogP contribution in [-0.4, -0.2) is 21.6 Å². The molecule has 2 aliphatic carbocycles. The number of carbonyl (C=O) groups excluding carboxylic acids is 2. The molecule has 1 saturated heterocycles. The van der Waals surface area contributed by atoms with Crippen molar-refractivity contribution in [3.63, 3.8) is 0 Å². The summed E-state index contributed by atoms with van der Waals surface area (Å²) in [5.74, 6) is -0.00512. The first-order valence-corrected chi connectivity index (χ1v) is 10.1. The second kappa shape index (κ2) is 5.89. The number of nitrogens with zero attached hydrogens (tertiary/aromatic N) is 3. The van der Waals surface area contributed by atoms with Crippen LogP contribution in [-0.2, 0) is 16.1 Å². The lowest BCUT2D eigenvalue weighted by molar-refractivity contribution is -0.123. The molecule has 2 aromatic rings. The van der Waals surface area contributed by atoms with Crippen molar-refractivity contribution < 1.29 is 9.59 Å². The van der Waals surface area contributed by atoms with E-state index in [2.05, 4.69) is 33.2 Å². The zero-order valence-electron chi connectivity index (χ0n) is 15.2. The minimum absolute atomic E-state index is 0.0451. The summed E-state index contributed by atoms with van der Waals surface area (Å²) in [4.78, 5) is 27.7. The van der Waals surface area contributed by atoms with Crippen molar-refractivity contribution in [2.45, 2.75) is 26.8 Å². The van der Waals surface area contributed by atoms with Gasteiger partial charge in [0.2, 0.25) is 11.8 Å². The summed E-state index contributed by atoms with van der Waals surface area (Å²) in [6, 6.07) is 8.08. The van der Waals surface area contributed by atoms with E-state index >= 15 is 0 Å². The minimum Gasteiger partial charge on any atom is -0.274 e. The van der Waals surface area contributed by atoms with Crippen LogP contribution in [0.15, 0.2) is 40.9 Å². The van der Waals surface area contributed by atoms with Crippen LogP contribution in [0.4, 0.5) is 5.69 Å². The van der Waals surface area contributed by atoms with Gasteiger partial charge in [-0.15, -0.1) is 0 Å². The Morgan fingerprint density at radius 1 is 1.04 bits per heavy atom. The first-order chi connectivity index (χ1) is 13.0. The predicted molar refractivity (Wildman–Crippen MR) is 105 cm³/mol. The Balaban J connectivity index is 1.49. The molecule has 2 bridgehead atoms. The SMILES string of the molecule is Cc1nn(Cc2ccc(Br)cc2)c(C)c1N1C(=O)[C@@H]2[C@@H](C1=O)[C@H]1C=C[C@@H]2C1. The molecular formula is C21H20BrN3O2. The van der Waals surface area contributed by atoms with E-state index in [1.54, 1.807) is 0 Å². The van der Waals surface area contributed by atoms with E-state index in [9.17, 15) is 9.59 Å². The highest BCUT2D eigenvalue weighted by Gasteiger charge is 2.60. The summed E-state index contributed by atoms with van der Waals surface area (Å²) in [6.07, 6.45) is 5.19. The standard InChI is InChI=1S/C21H20BrN3O2/c1-11-19(12(2)24(23-11)10-13-3-7-16(22)8-4-13)25-20(26)17-14-5-6-15(9-14)18(17)21(25)27/h3-8,14-15,17-18H,9-10H2,1-2H3/t14-,15+,17-,18-/m0/s1. The van der Waals surface area contributed by atoms with Crippen LogP contribution in [0.5, 0.6) is 0 Å². The number of rotatable bonds is 3. The Labute approximate surface area is 166 Å².